The van der Waals surface area contributed by atoms with Crippen LogP contribution in [0.1, 0.15) is 25.0 Å². The number of rotatable bonds is 3. The van der Waals surface area contributed by atoms with Crippen molar-refractivity contribution < 1.29 is 14.3 Å². The molecule has 1 amide bonds. The molecular formula is C16H20ClNO3. The molecule has 0 fully saturated rings. The number of benzene rings is 1. The Morgan fingerprint density at radius 3 is 2.52 bits per heavy atom. The highest BCUT2D eigenvalue weighted by molar-refractivity contribution is 6.19. The van der Waals surface area contributed by atoms with Gasteiger partial charge in [0.2, 0.25) is 5.91 Å². The summed E-state index contributed by atoms with van der Waals surface area (Å²) in [5, 5.41) is 0. The smallest absolute Gasteiger partial charge is 0.328 e. The molecule has 21 heavy (non-hydrogen) atoms. The second kappa shape index (κ2) is 6.06. The van der Waals surface area contributed by atoms with E-state index in [0.29, 0.717) is 13.0 Å². The van der Waals surface area contributed by atoms with Gasteiger partial charge in [-0.1, -0.05) is 24.3 Å². The second-order valence-electron chi connectivity index (χ2n) is 5.96. The zero-order chi connectivity index (χ0) is 15.6. The van der Waals surface area contributed by atoms with Crippen LogP contribution in [0.3, 0.4) is 0 Å². The average Bonchev–Trinajstić information content (AvgIpc) is 2.52. The number of alkyl halides is 1. The van der Waals surface area contributed by atoms with Crippen molar-refractivity contribution in [2.24, 2.45) is 5.41 Å². The van der Waals surface area contributed by atoms with Gasteiger partial charge in [0.05, 0.1) is 12.5 Å². The minimum absolute atomic E-state index is 0.123. The van der Waals surface area contributed by atoms with E-state index in [-0.39, 0.29) is 17.8 Å². The molecule has 0 aliphatic carbocycles. The maximum Gasteiger partial charge on any atom is 0.328 e. The van der Waals surface area contributed by atoms with E-state index in [4.69, 9.17) is 16.3 Å². The van der Waals surface area contributed by atoms with Crippen molar-refractivity contribution in [3.63, 3.8) is 0 Å². The lowest BCUT2D eigenvalue weighted by Crippen LogP contribution is -2.53. The van der Waals surface area contributed by atoms with Gasteiger partial charge in [-0.05, 0) is 25.0 Å². The number of carbonyl (C=O) groups excluding carboxylic acids is 2. The highest BCUT2D eigenvalue weighted by atomic mass is 35.5. The molecule has 1 atom stereocenters. The van der Waals surface area contributed by atoms with Crippen molar-refractivity contribution in [3.8, 4) is 0 Å². The Bertz CT molecular complexity index is 556. The first kappa shape index (κ1) is 15.8. The standard InChI is InChI=1S/C16H20ClNO3/c1-16(2,10-17)15(20)18-9-12-7-5-4-6-11(12)8-13(18)14(19)21-3/h4-7,13H,8-10H2,1-3H3. The predicted molar refractivity (Wildman–Crippen MR) is 81.0 cm³/mol. The van der Waals surface area contributed by atoms with E-state index in [1.807, 2.05) is 24.3 Å². The van der Waals surface area contributed by atoms with Gasteiger partial charge >= 0.3 is 5.97 Å². The molecule has 0 saturated carbocycles. The molecule has 0 aromatic heterocycles. The summed E-state index contributed by atoms with van der Waals surface area (Å²) in [6.07, 6.45) is 0.479. The van der Waals surface area contributed by atoms with Gasteiger partial charge in [-0.15, -0.1) is 11.6 Å². The number of nitrogens with zero attached hydrogens (tertiary/aromatic N) is 1. The normalized spacial score (nSPS) is 18.1. The van der Waals surface area contributed by atoms with Crippen molar-refractivity contribution in [1.82, 2.24) is 4.90 Å². The Balaban J connectivity index is 2.37. The number of esters is 1. The molecule has 1 aromatic rings. The van der Waals surface area contributed by atoms with Crippen LogP contribution in [0, 0.1) is 5.41 Å². The van der Waals surface area contributed by atoms with E-state index in [1.54, 1.807) is 18.7 Å². The molecule has 0 radical (unpaired) electrons. The number of amides is 1. The molecular weight excluding hydrogens is 290 g/mol. The van der Waals surface area contributed by atoms with Crippen molar-refractivity contribution in [1.29, 1.82) is 0 Å². The summed E-state index contributed by atoms with van der Waals surface area (Å²) in [6, 6.07) is 7.26. The van der Waals surface area contributed by atoms with E-state index in [1.165, 1.54) is 7.11 Å². The van der Waals surface area contributed by atoms with Gasteiger partial charge in [-0.2, -0.15) is 0 Å². The molecule has 0 N–H and O–H groups in total. The predicted octanol–water partition coefficient (Wildman–Crippen LogP) is 2.38. The molecule has 0 saturated heterocycles. The molecule has 1 unspecified atom stereocenters. The molecule has 114 valence electrons. The minimum Gasteiger partial charge on any atom is -0.467 e. The largest absolute Gasteiger partial charge is 0.467 e. The third kappa shape index (κ3) is 3.05. The molecule has 1 aliphatic heterocycles. The lowest BCUT2D eigenvalue weighted by molar-refractivity contribution is -0.157. The monoisotopic (exact) mass is 309 g/mol. The van der Waals surface area contributed by atoms with Gasteiger partial charge in [-0.25, -0.2) is 4.79 Å². The summed E-state index contributed by atoms with van der Waals surface area (Å²) >= 11 is 5.90. The van der Waals surface area contributed by atoms with Crippen LogP contribution >= 0.6 is 11.6 Å². The van der Waals surface area contributed by atoms with Crippen LogP contribution in [0.2, 0.25) is 0 Å². The summed E-state index contributed by atoms with van der Waals surface area (Å²) in [7, 11) is 1.35. The van der Waals surface area contributed by atoms with Gasteiger partial charge in [0.1, 0.15) is 6.04 Å². The highest BCUT2D eigenvalue weighted by Gasteiger charge is 2.40. The van der Waals surface area contributed by atoms with Crippen molar-refractivity contribution >= 4 is 23.5 Å². The molecule has 4 nitrogen and oxygen atoms in total. The van der Waals surface area contributed by atoms with Gasteiger partial charge in [0, 0.05) is 18.8 Å². The summed E-state index contributed by atoms with van der Waals surface area (Å²) in [5.74, 6) is -0.302. The zero-order valence-electron chi connectivity index (χ0n) is 12.6. The number of carbonyl (C=O) groups is 2. The Labute approximate surface area is 130 Å². The van der Waals surface area contributed by atoms with Gasteiger partial charge < -0.3 is 9.64 Å². The number of hydrogen-bond acceptors (Lipinski definition) is 3. The highest BCUT2D eigenvalue weighted by Crippen LogP contribution is 2.29. The summed E-state index contributed by atoms with van der Waals surface area (Å²) in [4.78, 5) is 26.4. The Morgan fingerprint density at radius 2 is 1.95 bits per heavy atom. The summed E-state index contributed by atoms with van der Waals surface area (Å²) in [5.41, 5.74) is 1.44. The maximum absolute atomic E-state index is 12.7. The number of halogens is 1. The number of hydrogen-bond donors (Lipinski definition) is 0. The quantitative estimate of drug-likeness (QED) is 0.636. The van der Waals surface area contributed by atoms with Crippen molar-refractivity contribution in [3.05, 3.63) is 35.4 Å². The van der Waals surface area contributed by atoms with Crippen LogP contribution in [-0.2, 0) is 27.3 Å². The van der Waals surface area contributed by atoms with Crippen LogP contribution in [-0.4, -0.2) is 35.8 Å². The van der Waals surface area contributed by atoms with Gasteiger partial charge in [0.25, 0.3) is 0 Å². The fourth-order valence-corrected chi connectivity index (χ4v) is 2.64. The van der Waals surface area contributed by atoms with E-state index in [9.17, 15) is 9.59 Å². The van der Waals surface area contributed by atoms with Crippen molar-refractivity contribution in [2.45, 2.75) is 32.9 Å². The topological polar surface area (TPSA) is 46.6 Å². The third-order valence-corrected chi connectivity index (χ3v) is 4.56. The van der Waals surface area contributed by atoms with Crippen LogP contribution in [0.4, 0.5) is 0 Å². The Hall–Kier alpha value is -1.55. The molecule has 5 heteroatoms. The minimum atomic E-state index is -0.708. The summed E-state index contributed by atoms with van der Waals surface area (Å²) < 4.78 is 4.87. The van der Waals surface area contributed by atoms with E-state index < -0.39 is 11.5 Å². The van der Waals surface area contributed by atoms with Gasteiger partial charge in [-0.3, -0.25) is 4.79 Å². The third-order valence-electron chi connectivity index (χ3n) is 3.90. The average molecular weight is 310 g/mol. The molecule has 0 spiro atoms. The van der Waals surface area contributed by atoms with Crippen LogP contribution in [0.15, 0.2) is 24.3 Å². The van der Waals surface area contributed by atoms with E-state index in [2.05, 4.69) is 0 Å². The SMILES string of the molecule is COC(=O)C1Cc2ccccc2CN1C(=O)C(C)(C)CCl. The van der Waals surface area contributed by atoms with E-state index in [0.717, 1.165) is 11.1 Å². The number of fused-ring (bicyclic) bond motifs is 1. The summed E-state index contributed by atoms with van der Waals surface area (Å²) in [6.45, 7) is 3.99. The fourth-order valence-electron chi connectivity index (χ4n) is 2.53. The molecule has 0 bridgehead atoms. The van der Waals surface area contributed by atoms with Crippen LogP contribution in [0.25, 0.3) is 0 Å². The van der Waals surface area contributed by atoms with Gasteiger partial charge in [0.15, 0.2) is 0 Å². The van der Waals surface area contributed by atoms with Crippen LogP contribution in [0.5, 0.6) is 0 Å². The second-order valence-corrected chi connectivity index (χ2v) is 6.23. The number of methoxy groups -OCH3 is 1. The first-order chi connectivity index (χ1) is 9.90. The Morgan fingerprint density at radius 1 is 1.33 bits per heavy atom. The number of ether oxygens (including phenoxy) is 1. The Kier molecular flexibility index (Phi) is 4.57. The van der Waals surface area contributed by atoms with Crippen LogP contribution < -0.4 is 0 Å². The first-order valence-corrected chi connectivity index (χ1v) is 7.46. The fraction of sp³-hybridized carbons (Fsp3) is 0.500. The zero-order valence-corrected chi connectivity index (χ0v) is 13.3. The first-order valence-electron chi connectivity index (χ1n) is 6.92. The molecule has 1 aromatic carbocycles. The molecule has 2 rings (SSSR count). The van der Waals surface area contributed by atoms with Crippen molar-refractivity contribution in [2.75, 3.05) is 13.0 Å². The molecule has 1 aliphatic rings. The lowest BCUT2D eigenvalue weighted by atomic mass is 9.88. The maximum atomic E-state index is 12.7. The van der Waals surface area contributed by atoms with E-state index >= 15 is 0 Å². The molecule has 1 heterocycles. The lowest BCUT2D eigenvalue weighted by Gasteiger charge is -2.39.